The van der Waals surface area contributed by atoms with Gasteiger partial charge in [0.25, 0.3) is 0 Å². The maximum absolute atomic E-state index is 5.82. The first-order chi connectivity index (χ1) is 9.08. The highest BCUT2D eigenvalue weighted by atomic mass is 15.2. The summed E-state index contributed by atoms with van der Waals surface area (Å²) in [5.41, 5.74) is 8.80. The molecule has 0 amide bonds. The molecule has 1 aromatic carbocycles. The van der Waals surface area contributed by atoms with Gasteiger partial charge in [-0.1, -0.05) is 12.1 Å². The van der Waals surface area contributed by atoms with Crippen LogP contribution in [0.1, 0.15) is 24.0 Å². The van der Waals surface area contributed by atoms with E-state index in [1.807, 2.05) is 38.1 Å². The van der Waals surface area contributed by atoms with E-state index in [0.717, 1.165) is 36.1 Å². The first-order valence-electron chi connectivity index (χ1n) is 6.50. The number of nitrogens with two attached hydrogens (primary N) is 1. The number of rotatable bonds is 4. The van der Waals surface area contributed by atoms with Gasteiger partial charge in [0, 0.05) is 30.5 Å². The van der Waals surface area contributed by atoms with Gasteiger partial charge >= 0.3 is 0 Å². The average Bonchev–Trinajstić information content (AvgIpc) is 2.34. The molecule has 1 heterocycles. The quantitative estimate of drug-likeness (QED) is 0.855. The van der Waals surface area contributed by atoms with E-state index in [2.05, 4.69) is 27.9 Å². The van der Waals surface area contributed by atoms with Crippen LogP contribution in [0, 0.1) is 13.8 Å². The van der Waals surface area contributed by atoms with Gasteiger partial charge in [-0.2, -0.15) is 0 Å². The van der Waals surface area contributed by atoms with Crippen molar-refractivity contribution in [1.29, 1.82) is 0 Å². The van der Waals surface area contributed by atoms with Crippen molar-refractivity contribution in [2.24, 2.45) is 0 Å². The number of anilines is 2. The third kappa shape index (κ3) is 3.44. The number of benzene rings is 1. The summed E-state index contributed by atoms with van der Waals surface area (Å²) in [7, 11) is 0. The number of nitrogen functional groups attached to an aromatic ring is 1. The summed E-state index contributed by atoms with van der Waals surface area (Å²) in [5, 5.41) is 0. The van der Waals surface area contributed by atoms with Crippen molar-refractivity contribution in [1.82, 2.24) is 9.97 Å². The van der Waals surface area contributed by atoms with E-state index in [-0.39, 0.29) is 0 Å². The fourth-order valence-electron chi connectivity index (χ4n) is 2.13. The summed E-state index contributed by atoms with van der Waals surface area (Å²) in [6.45, 7) is 7.73. The molecule has 0 aliphatic carbocycles. The molecular formula is C15H20N4. The summed E-state index contributed by atoms with van der Waals surface area (Å²) in [6, 6.07) is 9.99. The molecule has 2 rings (SSSR count). The number of nitrogens with zero attached hydrogens (tertiary/aromatic N) is 3. The van der Waals surface area contributed by atoms with E-state index < -0.39 is 0 Å². The second-order valence-electron chi connectivity index (χ2n) is 4.67. The topological polar surface area (TPSA) is 55.0 Å². The molecule has 100 valence electrons. The molecule has 2 aromatic rings. The van der Waals surface area contributed by atoms with Crippen molar-refractivity contribution in [3.05, 3.63) is 47.4 Å². The first-order valence-corrected chi connectivity index (χ1v) is 6.50. The second-order valence-corrected chi connectivity index (χ2v) is 4.67. The van der Waals surface area contributed by atoms with Crippen LogP contribution < -0.4 is 10.6 Å². The van der Waals surface area contributed by atoms with Crippen molar-refractivity contribution in [3.63, 3.8) is 0 Å². The fourth-order valence-corrected chi connectivity index (χ4v) is 2.13. The van der Waals surface area contributed by atoms with E-state index in [9.17, 15) is 0 Å². The molecule has 0 radical (unpaired) electrons. The standard InChI is InChI=1S/C15H20N4/c1-4-19(10-13-6-5-7-14(16)9-13)15-8-11(2)17-12(3)18-15/h5-9H,4,10,16H2,1-3H3. The molecule has 0 aliphatic rings. The van der Waals surface area contributed by atoms with Crippen molar-refractivity contribution in [2.45, 2.75) is 27.3 Å². The summed E-state index contributed by atoms with van der Waals surface area (Å²) in [6.07, 6.45) is 0. The Morgan fingerprint density at radius 3 is 2.58 bits per heavy atom. The Kier molecular flexibility index (Phi) is 4.00. The highest BCUT2D eigenvalue weighted by molar-refractivity contribution is 5.44. The zero-order chi connectivity index (χ0) is 13.8. The molecule has 4 heteroatoms. The molecule has 0 saturated heterocycles. The number of hydrogen-bond donors (Lipinski definition) is 1. The van der Waals surface area contributed by atoms with Gasteiger partial charge in [-0.3, -0.25) is 0 Å². The van der Waals surface area contributed by atoms with Crippen LogP contribution in [-0.2, 0) is 6.54 Å². The third-order valence-corrected chi connectivity index (χ3v) is 2.98. The molecule has 0 fully saturated rings. The minimum atomic E-state index is 0.795. The molecule has 2 N–H and O–H groups in total. The molecule has 19 heavy (non-hydrogen) atoms. The molecule has 0 bridgehead atoms. The zero-order valence-electron chi connectivity index (χ0n) is 11.7. The van der Waals surface area contributed by atoms with Crippen molar-refractivity contribution in [2.75, 3.05) is 17.2 Å². The summed E-state index contributed by atoms with van der Waals surface area (Å²) < 4.78 is 0. The molecule has 0 unspecified atom stereocenters. The first kappa shape index (κ1) is 13.3. The Morgan fingerprint density at radius 2 is 1.95 bits per heavy atom. The van der Waals surface area contributed by atoms with Gasteiger partial charge in [0.1, 0.15) is 11.6 Å². The highest BCUT2D eigenvalue weighted by Crippen LogP contribution is 2.16. The minimum absolute atomic E-state index is 0.795. The summed E-state index contributed by atoms with van der Waals surface area (Å²) in [5.74, 6) is 1.77. The number of aromatic nitrogens is 2. The summed E-state index contributed by atoms with van der Waals surface area (Å²) in [4.78, 5) is 11.0. The molecular weight excluding hydrogens is 236 g/mol. The van der Waals surface area contributed by atoms with Crippen LogP contribution in [0.3, 0.4) is 0 Å². The monoisotopic (exact) mass is 256 g/mol. The smallest absolute Gasteiger partial charge is 0.132 e. The normalized spacial score (nSPS) is 10.5. The minimum Gasteiger partial charge on any atom is -0.399 e. The highest BCUT2D eigenvalue weighted by Gasteiger charge is 2.08. The Hall–Kier alpha value is -2.10. The lowest BCUT2D eigenvalue weighted by Gasteiger charge is -2.22. The van der Waals surface area contributed by atoms with Crippen molar-refractivity contribution >= 4 is 11.5 Å². The Morgan fingerprint density at radius 1 is 1.16 bits per heavy atom. The second kappa shape index (κ2) is 5.69. The molecule has 1 aromatic heterocycles. The van der Waals surface area contributed by atoms with Crippen LogP contribution in [0.5, 0.6) is 0 Å². The Balaban J connectivity index is 2.24. The van der Waals surface area contributed by atoms with Crippen LogP contribution >= 0.6 is 0 Å². The van der Waals surface area contributed by atoms with Gasteiger partial charge in [0.05, 0.1) is 0 Å². The van der Waals surface area contributed by atoms with Crippen LogP contribution in [0.4, 0.5) is 11.5 Å². The Labute approximate surface area is 114 Å². The molecule has 0 aliphatic heterocycles. The van der Waals surface area contributed by atoms with Crippen LogP contribution in [0.2, 0.25) is 0 Å². The van der Waals surface area contributed by atoms with Crippen LogP contribution in [0.25, 0.3) is 0 Å². The van der Waals surface area contributed by atoms with Crippen molar-refractivity contribution in [3.8, 4) is 0 Å². The zero-order valence-corrected chi connectivity index (χ0v) is 11.7. The number of aryl methyl sites for hydroxylation is 2. The van der Waals surface area contributed by atoms with Gasteiger partial charge < -0.3 is 10.6 Å². The lowest BCUT2D eigenvalue weighted by atomic mass is 10.2. The van der Waals surface area contributed by atoms with Gasteiger partial charge in [-0.15, -0.1) is 0 Å². The molecule has 4 nitrogen and oxygen atoms in total. The van der Waals surface area contributed by atoms with E-state index in [1.165, 1.54) is 5.56 Å². The fraction of sp³-hybridized carbons (Fsp3) is 0.333. The van der Waals surface area contributed by atoms with E-state index in [4.69, 9.17) is 5.73 Å². The molecule has 0 spiro atoms. The lowest BCUT2D eigenvalue weighted by molar-refractivity contribution is 0.801. The van der Waals surface area contributed by atoms with Gasteiger partial charge in [0.15, 0.2) is 0 Å². The van der Waals surface area contributed by atoms with E-state index in [1.54, 1.807) is 0 Å². The Bertz CT molecular complexity index is 546. The molecule has 0 saturated carbocycles. The SMILES string of the molecule is CCN(Cc1cccc(N)c1)c1cc(C)nc(C)n1. The van der Waals surface area contributed by atoms with Gasteiger partial charge in [0.2, 0.25) is 0 Å². The van der Waals surface area contributed by atoms with Crippen LogP contribution in [-0.4, -0.2) is 16.5 Å². The predicted octanol–water partition coefficient (Wildman–Crippen LogP) is 2.70. The summed E-state index contributed by atoms with van der Waals surface area (Å²) >= 11 is 0. The maximum atomic E-state index is 5.82. The number of hydrogen-bond acceptors (Lipinski definition) is 4. The van der Waals surface area contributed by atoms with Crippen molar-refractivity contribution < 1.29 is 0 Å². The predicted molar refractivity (Wildman–Crippen MR) is 79.1 cm³/mol. The largest absolute Gasteiger partial charge is 0.399 e. The maximum Gasteiger partial charge on any atom is 0.132 e. The van der Waals surface area contributed by atoms with E-state index >= 15 is 0 Å². The van der Waals surface area contributed by atoms with E-state index in [0.29, 0.717) is 0 Å². The molecule has 0 atom stereocenters. The third-order valence-electron chi connectivity index (χ3n) is 2.98. The van der Waals surface area contributed by atoms with Gasteiger partial charge in [-0.25, -0.2) is 9.97 Å². The van der Waals surface area contributed by atoms with Crippen LogP contribution in [0.15, 0.2) is 30.3 Å². The average molecular weight is 256 g/mol. The lowest BCUT2D eigenvalue weighted by Crippen LogP contribution is -2.23. The van der Waals surface area contributed by atoms with Gasteiger partial charge in [-0.05, 0) is 38.5 Å².